The molecule has 0 unspecified atom stereocenters. The number of hydrogen-bond acceptors (Lipinski definition) is 2. The van der Waals surface area contributed by atoms with Crippen molar-refractivity contribution in [3.63, 3.8) is 0 Å². The quantitative estimate of drug-likeness (QED) is 0.742. The predicted molar refractivity (Wildman–Crippen MR) is 99.6 cm³/mol. The fourth-order valence-electron chi connectivity index (χ4n) is 2.02. The number of thiocarbonyl (C=S) groups is 1. The van der Waals surface area contributed by atoms with Gasteiger partial charge in [-0.1, -0.05) is 34.1 Å². The number of benzene rings is 2. The monoisotopic (exact) mass is 378 g/mol. The third-order valence-electron chi connectivity index (χ3n) is 3.13. The van der Waals surface area contributed by atoms with Gasteiger partial charge in [-0.25, -0.2) is 0 Å². The van der Waals surface area contributed by atoms with Crippen molar-refractivity contribution in [3.8, 4) is 5.75 Å². The summed E-state index contributed by atoms with van der Waals surface area (Å²) in [5.41, 5.74) is 3.21. The summed E-state index contributed by atoms with van der Waals surface area (Å²) in [6.07, 6.45) is 0. The molecule has 0 spiro atoms. The number of rotatable bonds is 5. The molecule has 0 saturated heterocycles. The molecular formula is C17H19BrN2OS. The van der Waals surface area contributed by atoms with Gasteiger partial charge in [-0.3, -0.25) is 0 Å². The zero-order valence-electron chi connectivity index (χ0n) is 12.7. The standard InChI is InChI=1S/C17H19BrN2OS/c1-3-21-16-7-5-4-6-13(16)11-19-17(22)20-14-8-9-15(18)12(2)10-14/h4-10H,3,11H2,1-2H3,(H2,19,20,22). The summed E-state index contributed by atoms with van der Waals surface area (Å²) < 4.78 is 6.69. The van der Waals surface area contributed by atoms with Gasteiger partial charge in [0.05, 0.1) is 6.61 Å². The van der Waals surface area contributed by atoms with Crippen LogP contribution in [0.15, 0.2) is 46.9 Å². The van der Waals surface area contributed by atoms with Gasteiger partial charge in [-0.2, -0.15) is 0 Å². The van der Waals surface area contributed by atoms with Crippen molar-refractivity contribution in [2.75, 3.05) is 11.9 Å². The SMILES string of the molecule is CCOc1ccccc1CNC(=S)Nc1ccc(Br)c(C)c1. The van der Waals surface area contributed by atoms with Crippen molar-refractivity contribution in [2.45, 2.75) is 20.4 Å². The Bertz CT molecular complexity index is 661. The molecule has 0 saturated carbocycles. The van der Waals surface area contributed by atoms with Gasteiger partial charge in [0.2, 0.25) is 0 Å². The molecule has 2 N–H and O–H groups in total. The van der Waals surface area contributed by atoms with E-state index in [1.54, 1.807) is 0 Å². The number of halogens is 1. The lowest BCUT2D eigenvalue weighted by Gasteiger charge is -2.14. The van der Waals surface area contributed by atoms with Crippen LogP contribution in [0.1, 0.15) is 18.1 Å². The van der Waals surface area contributed by atoms with Crippen LogP contribution in [0.5, 0.6) is 5.75 Å². The zero-order chi connectivity index (χ0) is 15.9. The van der Waals surface area contributed by atoms with Crippen molar-refractivity contribution < 1.29 is 4.74 Å². The maximum Gasteiger partial charge on any atom is 0.171 e. The number of ether oxygens (including phenoxy) is 1. The van der Waals surface area contributed by atoms with E-state index < -0.39 is 0 Å². The number of anilines is 1. The van der Waals surface area contributed by atoms with Crippen LogP contribution in [0, 0.1) is 6.92 Å². The number of aryl methyl sites for hydroxylation is 1. The van der Waals surface area contributed by atoms with Gasteiger partial charge in [-0.15, -0.1) is 0 Å². The molecule has 3 nitrogen and oxygen atoms in total. The molecule has 2 aromatic rings. The molecule has 0 aliphatic rings. The summed E-state index contributed by atoms with van der Waals surface area (Å²) in [5, 5.41) is 6.99. The second-order valence-corrected chi connectivity index (χ2v) is 6.07. The molecular weight excluding hydrogens is 360 g/mol. The van der Waals surface area contributed by atoms with Gasteiger partial charge in [0.1, 0.15) is 5.75 Å². The molecule has 5 heteroatoms. The summed E-state index contributed by atoms with van der Waals surface area (Å²) in [4.78, 5) is 0. The Morgan fingerprint density at radius 3 is 2.73 bits per heavy atom. The van der Waals surface area contributed by atoms with Crippen LogP contribution in [0.2, 0.25) is 0 Å². The molecule has 0 amide bonds. The lowest BCUT2D eigenvalue weighted by atomic mass is 10.2. The van der Waals surface area contributed by atoms with E-state index in [0.717, 1.165) is 27.0 Å². The summed E-state index contributed by atoms with van der Waals surface area (Å²) in [6, 6.07) is 14.0. The van der Waals surface area contributed by atoms with Crippen LogP contribution in [-0.2, 0) is 6.54 Å². The third kappa shape index (κ3) is 4.71. The van der Waals surface area contributed by atoms with Crippen LogP contribution in [0.3, 0.4) is 0 Å². The summed E-state index contributed by atoms with van der Waals surface area (Å²) in [7, 11) is 0. The first-order valence-corrected chi connectivity index (χ1v) is 8.32. The van der Waals surface area contributed by atoms with E-state index >= 15 is 0 Å². The minimum absolute atomic E-state index is 0.591. The number of hydrogen-bond donors (Lipinski definition) is 2. The first-order valence-electron chi connectivity index (χ1n) is 7.12. The topological polar surface area (TPSA) is 33.3 Å². The highest BCUT2D eigenvalue weighted by molar-refractivity contribution is 9.10. The molecule has 0 radical (unpaired) electrons. The van der Waals surface area contributed by atoms with Gasteiger partial charge >= 0.3 is 0 Å². The normalized spacial score (nSPS) is 10.1. The predicted octanol–water partition coefficient (Wildman–Crippen LogP) is 4.64. The minimum Gasteiger partial charge on any atom is -0.494 e. The van der Waals surface area contributed by atoms with E-state index in [-0.39, 0.29) is 0 Å². The van der Waals surface area contributed by atoms with Gasteiger partial charge in [-0.05, 0) is 55.9 Å². The van der Waals surface area contributed by atoms with Crippen molar-refractivity contribution in [2.24, 2.45) is 0 Å². The zero-order valence-corrected chi connectivity index (χ0v) is 15.1. The summed E-state index contributed by atoms with van der Waals surface area (Å²) in [6.45, 7) is 5.30. The van der Waals surface area contributed by atoms with Crippen molar-refractivity contribution in [1.29, 1.82) is 0 Å². The number of nitrogens with one attached hydrogen (secondary N) is 2. The molecule has 22 heavy (non-hydrogen) atoms. The van der Waals surface area contributed by atoms with Gasteiger partial charge in [0, 0.05) is 22.3 Å². The van der Waals surface area contributed by atoms with Crippen LogP contribution in [-0.4, -0.2) is 11.7 Å². The van der Waals surface area contributed by atoms with E-state index in [2.05, 4.69) is 26.6 Å². The van der Waals surface area contributed by atoms with Gasteiger partial charge in [0.15, 0.2) is 5.11 Å². The Morgan fingerprint density at radius 2 is 2.00 bits per heavy atom. The van der Waals surface area contributed by atoms with Crippen molar-refractivity contribution >= 4 is 38.9 Å². The lowest BCUT2D eigenvalue weighted by Crippen LogP contribution is -2.28. The molecule has 0 atom stereocenters. The smallest absolute Gasteiger partial charge is 0.171 e. The van der Waals surface area contributed by atoms with E-state index in [4.69, 9.17) is 17.0 Å². The molecule has 0 fully saturated rings. The first-order chi connectivity index (χ1) is 10.6. The van der Waals surface area contributed by atoms with Crippen LogP contribution in [0.4, 0.5) is 5.69 Å². The van der Waals surface area contributed by atoms with E-state index in [9.17, 15) is 0 Å². The highest BCUT2D eigenvalue weighted by atomic mass is 79.9. The van der Waals surface area contributed by atoms with E-state index in [0.29, 0.717) is 18.3 Å². The van der Waals surface area contributed by atoms with Gasteiger partial charge in [0.25, 0.3) is 0 Å². The second kappa shape index (κ2) is 8.15. The number of para-hydroxylation sites is 1. The largest absolute Gasteiger partial charge is 0.494 e. The molecule has 0 aromatic heterocycles. The van der Waals surface area contributed by atoms with Crippen molar-refractivity contribution in [3.05, 3.63) is 58.1 Å². The van der Waals surface area contributed by atoms with E-state index in [1.165, 1.54) is 0 Å². The Morgan fingerprint density at radius 1 is 1.23 bits per heavy atom. The maximum atomic E-state index is 5.61. The van der Waals surface area contributed by atoms with Crippen LogP contribution in [0.25, 0.3) is 0 Å². The minimum atomic E-state index is 0.591. The molecule has 2 rings (SSSR count). The van der Waals surface area contributed by atoms with E-state index in [1.807, 2.05) is 56.3 Å². The Kier molecular flexibility index (Phi) is 6.21. The summed E-state index contributed by atoms with van der Waals surface area (Å²) >= 11 is 8.83. The second-order valence-electron chi connectivity index (χ2n) is 4.81. The fourth-order valence-corrected chi connectivity index (χ4v) is 2.46. The first kappa shape index (κ1) is 16.8. The van der Waals surface area contributed by atoms with Gasteiger partial charge < -0.3 is 15.4 Å². The summed E-state index contributed by atoms with van der Waals surface area (Å²) in [5.74, 6) is 0.889. The molecule has 2 aromatic carbocycles. The highest BCUT2D eigenvalue weighted by Crippen LogP contribution is 2.20. The van der Waals surface area contributed by atoms with Crippen LogP contribution < -0.4 is 15.4 Å². The average molecular weight is 379 g/mol. The third-order valence-corrected chi connectivity index (χ3v) is 4.26. The van der Waals surface area contributed by atoms with Crippen LogP contribution >= 0.6 is 28.1 Å². The Balaban J connectivity index is 1.94. The molecule has 0 bridgehead atoms. The average Bonchev–Trinajstić information content (AvgIpc) is 2.50. The highest BCUT2D eigenvalue weighted by Gasteiger charge is 2.04. The molecule has 116 valence electrons. The Labute approximate surface area is 145 Å². The van der Waals surface area contributed by atoms with Crippen molar-refractivity contribution in [1.82, 2.24) is 5.32 Å². The fraction of sp³-hybridized carbons (Fsp3) is 0.235. The Hall–Kier alpha value is -1.59. The molecule has 0 heterocycles. The maximum absolute atomic E-state index is 5.61. The lowest BCUT2D eigenvalue weighted by molar-refractivity contribution is 0.336. The molecule has 0 aliphatic heterocycles. The molecule has 0 aliphatic carbocycles.